The van der Waals surface area contributed by atoms with Gasteiger partial charge >= 0.3 is 0 Å². The van der Waals surface area contributed by atoms with Gasteiger partial charge in [-0.25, -0.2) is 0 Å². The number of hydrogen-bond donors (Lipinski definition) is 0. The van der Waals surface area contributed by atoms with Crippen molar-refractivity contribution in [2.75, 3.05) is 13.6 Å². The lowest BCUT2D eigenvalue weighted by atomic mass is 10.0. The van der Waals surface area contributed by atoms with Crippen LogP contribution in [-0.2, 0) is 0 Å². The normalized spacial score (nSPS) is 23.7. The van der Waals surface area contributed by atoms with Crippen LogP contribution in [0.3, 0.4) is 0 Å². The summed E-state index contributed by atoms with van der Waals surface area (Å²) in [6.45, 7) is 3.32. The van der Waals surface area contributed by atoms with Crippen LogP contribution in [0.1, 0.15) is 30.1 Å². The van der Waals surface area contributed by atoms with Crippen LogP contribution in [0.15, 0.2) is 18.3 Å². The second kappa shape index (κ2) is 3.46. The molecule has 1 fully saturated rings. The van der Waals surface area contributed by atoms with E-state index < -0.39 is 0 Å². The fourth-order valence-corrected chi connectivity index (χ4v) is 2.15. The predicted octanol–water partition coefficient (Wildman–Crippen LogP) is 2.16. The Hall–Kier alpha value is -0.890. The molecule has 2 rings (SSSR count). The summed E-state index contributed by atoms with van der Waals surface area (Å²) in [7, 11) is 2.20. The molecule has 0 amide bonds. The third-order valence-corrected chi connectivity index (χ3v) is 2.93. The highest BCUT2D eigenvalue weighted by Gasteiger charge is 2.23. The zero-order valence-corrected chi connectivity index (χ0v) is 8.33. The molecule has 13 heavy (non-hydrogen) atoms. The smallest absolute Gasteiger partial charge is 0.0420 e. The Morgan fingerprint density at radius 3 is 3.00 bits per heavy atom. The van der Waals surface area contributed by atoms with Crippen LogP contribution < -0.4 is 0 Å². The molecule has 0 radical (unpaired) electrons. The number of aryl methyl sites for hydroxylation is 1. The number of aromatic nitrogens is 1. The fourth-order valence-electron chi connectivity index (χ4n) is 2.15. The molecule has 2 nitrogen and oxygen atoms in total. The molecular formula is C11H16N2. The van der Waals surface area contributed by atoms with Crippen molar-refractivity contribution in [1.29, 1.82) is 0 Å². The van der Waals surface area contributed by atoms with Crippen molar-refractivity contribution in [3.8, 4) is 0 Å². The molecule has 1 aliphatic heterocycles. The molecule has 1 atom stereocenters. The molecule has 0 aromatic carbocycles. The van der Waals surface area contributed by atoms with Crippen molar-refractivity contribution < 1.29 is 0 Å². The van der Waals surface area contributed by atoms with Gasteiger partial charge in [0.15, 0.2) is 0 Å². The molecule has 0 spiro atoms. The Morgan fingerprint density at radius 2 is 2.38 bits per heavy atom. The summed E-state index contributed by atoms with van der Waals surface area (Å²) in [5.74, 6) is 0. The maximum atomic E-state index is 4.33. The number of hydrogen-bond acceptors (Lipinski definition) is 2. The van der Waals surface area contributed by atoms with Crippen LogP contribution in [0.2, 0.25) is 0 Å². The monoisotopic (exact) mass is 176 g/mol. The standard InChI is InChI=1S/C11H16N2/c1-9-10(5-3-7-12-9)11-6-4-8-13(11)2/h3,5,7,11H,4,6,8H2,1-2H3/t11-/m0/s1. The molecule has 0 N–H and O–H groups in total. The molecule has 1 aromatic rings. The summed E-state index contributed by atoms with van der Waals surface area (Å²) < 4.78 is 0. The molecule has 0 aliphatic carbocycles. The van der Waals surface area contributed by atoms with E-state index in [0.717, 1.165) is 0 Å². The summed E-state index contributed by atoms with van der Waals surface area (Å²) in [4.78, 5) is 6.75. The topological polar surface area (TPSA) is 16.1 Å². The van der Waals surface area contributed by atoms with Crippen LogP contribution >= 0.6 is 0 Å². The first-order chi connectivity index (χ1) is 6.29. The van der Waals surface area contributed by atoms with Crippen molar-refractivity contribution >= 4 is 0 Å². The second-order valence-electron chi connectivity index (χ2n) is 3.82. The summed E-state index contributed by atoms with van der Waals surface area (Å²) in [5.41, 5.74) is 2.59. The van der Waals surface area contributed by atoms with E-state index in [-0.39, 0.29) is 0 Å². The highest BCUT2D eigenvalue weighted by molar-refractivity contribution is 5.23. The molecule has 1 aromatic heterocycles. The van der Waals surface area contributed by atoms with E-state index >= 15 is 0 Å². The molecule has 0 saturated carbocycles. The average Bonchev–Trinajstić information content (AvgIpc) is 2.52. The SMILES string of the molecule is Cc1ncccc1[C@@H]1CCCN1C. The fraction of sp³-hybridized carbons (Fsp3) is 0.545. The molecule has 0 unspecified atom stereocenters. The summed E-state index contributed by atoms with van der Waals surface area (Å²) in [6.07, 6.45) is 4.46. The van der Waals surface area contributed by atoms with Gasteiger partial charge in [0.1, 0.15) is 0 Å². The Balaban J connectivity index is 2.29. The predicted molar refractivity (Wildman–Crippen MR) is 53.6 cm³/mol. The maximum Gasteiger partial charge on any atom is 0.0420 e. The summed E-state index contributed by atoms with van der Waals surface area (Å²) >= 11 is 0. The summed E-state index contributed by atoms with van der Waals surface area (Å²) in [6, 6.07) is 4.84. The zero-order chi connectivity index (χ0) is 9.26. The number of likely N-dealkylation sites (tertiary alicyclic amines) is 1. The summed E-state index contributed by atoms with van der Waals surface area (Å²) in [5, 5.41) is 0. The highest BCUT2D eigenvalue weighted by Crippen LogP contribution is 2.31. The van der Waals surface area contributed by atoms with Crippen molar-refractivity contribution in [1.82, 2.24) is 9.88 Å². The molecule has 0 bridgehead atoms. The first-order valence-electron chi connectivity index (χ1n) is 4.91. The van der Waals surface area contributed by atoms with Gasteiger partial charge in [-0.2, -0.15) is 0 Å². The van der Waals surface area contributed by atoms with Gasteiger partial charge in [0, 0.05) is 17.9 Å². The Morgan fingerprint density at radius 1 is 1.54 bits per heavy atom. The van der Waals surface area contributed by atoms with Gasteiger partial charge in [-0.3, -0.25) is 9.88 Å². The van der Waals surface area contributed by atoms with Crippen LogP contribution in [0.4, 0.5) is 0 Å². The molecule has 2 heterocycles. The number of rotatable bonds is 1. The molecule has 2 heteroatoms. The van der Waals surface area contributed by atoms with Gasteiger partial charge in [-0.15, -0.1) is 0 Å². The van der Waals surface area contributed by atoms with E-state index in [4.69, 9.17) is 0 Å². The number of nitrogens with zero attached hydrogens (tertiary/aromatic N) is 2. The Labute approximate surface area is 79.6 Å². The third-order valence-electron chi connectivity index (χ3n) is 2.93. The van der Waals surface area contributed by atoms with Crippen LogP contribution in [0, 0.1) is 6.92 Å². The Bertz CT molecular complexity index is 296. The minimum atomic E-state index is 0.605. The van der Waals surface area contributed by atoms with Crippen LogP contribution in [0.5, 0.6) is 0 Å². The lowest BCUT2D eigenvalue weighted by Crippen LogP contribution is -2.18. The van der Waals surface area contributed by atoms with Gasteiger partial charge in [-0.05, 0) is 45.0 Å². The van der Waals surface area contributed by atoms with E-state index in [1.54, 1.807) is 0 Å². The van der Waals surface area contributed by atoms with E-state index in [0.29, 0.717) is 6.04 Å². The maximum absolute atomic E-state index is 4.33. The van der Waals surface area contributed by atoms with Crippen LogP contribution in [0.25, 0.3) is 0 Å². The zero-order valence-electron chi connectivity index (χ0n) is 8.33. The van der Waals surface area contributed by atoms with Gasteiger partial charge in [0.05, 0.1) is 0 Å². The first kappa shape index (κ1) is 8.70. The van der Waals surface area contributed by atoms with E-state index in [1.807, 2.05) is 12.3 Å². The molecule has 1 aliphatic rings. The lowest BCUT2D eigenvalue weighted by molar-refractivity contribution is 0.316. The third kappa shape index (κ3) is 1.59. The largest absolute Gasteiger partial charge is 0.299 e. The lowest BCUT2D eigenvalue weighted by Gasteiger charge is -2.20. The van der Waals surface area contributed by atoms with Gasteiger partial charge < -0.3 is 0 Å². The molecular weight excluding hydrogens is 160 g/mol. The van der Waals surface area contributed by atoms with Crippen LogP contribution in [-0.4, -0.2) is 23.5 Å². The second-order valence-corrected chi connectivity index (χ2v) is 3.82. The van der Waals surface area contributed by atoms with Gasteiger partial charge in [-0.1, -0.05) is 6.07 Å². The van der Waals surface area contributed by atoms with Crippen molar-refractivity contribution in [3.05, 3.63) is 29.6 Å². The minimum absolute atomic E-state index is 0.605. The Kier molecular flexibility index (Phi) is 2.32. The van der Waals surface area contributed by atoms with E-state index in [9.17, 15) is 0 Å². The van der Waals surface area contributed by atoms with Gasteiger partial charge in [0.25, 0.3) is 0 Å². The first-order valence-corrected chi connectivity index (χ1v) is 4.91. The average molecular weight is 176 g/mol. The minimum Gasteiger partial charge on any atom is -0.299 e. The van der Waals surface area contributed by atoms with Crippen molar-refractivity contribution in [3.63, 3.8) is 0 Å². The van der Waals surface area contributed by atoms with E-state index in [2.05, 4.69) is 29.9 Å². The van der Waals surface area contributed by atoms with Crippen molar-refractivity contribution in [2.45, 2.75) is 25.8 Å². The number of pyridine rings is 1. The quantitative estimate of drug-likeness (QED) is 0.652. The van der Waals surface area contributed by atoms with Crippen molar-refractivity contribution in [2.24, 2.45) is 0 Å². The molecule has 1 saturated heterocycles. The van der Waals surface area contributed by atoms with E-state index in [1.165, 1.54) is 30.6 Å². The molecule has 70 valence electrons. The highest BCUT2D eigenvalue weighted by atomic mass is 15.1. The van der Waals surface area contributed by atoms with Gasteiger partial charge in [0.2, 0.25) is 0 Å².